The van der Waals surface area contributed by atoms with E-state index in [-0.39, 0.29) is 24.0 Å². The Hall–Kier alpha value is -3.85. The Bertz CT molecular complexity index is 1350. The van der Waals surface area contributed by atoms with E-state index in [1.165, 1.54) is 35.3 Å². The van der Waals surface area contributed by atoms with Gasteiger partial charge in [0.2, 0.25) is 5.91 Å². The molecule has 1 aliphatic rings. The third-order valence-electron chi connectivity index (χ3n) is 5.61. The number of fused-ring (bicyclic) bond motifs is 1. The highest BCUT2D eigenvalue weighted by Gasteiger charge is 2.28. The van der Waals surface area contributed by atoms with Gasteiger partial charge in [0, 0.05) is 23.6 Å². The Morgan fingerprint density at radius 2 is 1.88 bits per heavy atom. The predicted molar refractivity (Wildman–Crippen MR) is 126 cm³/mol. The first kappa shape index (κ1) is 22.0. The highest BCUT2D eigenvalue weighted by atomic mass is 32.1. The number of carbonyl (C=O) groups excluding carboxylic acids is 2. The second-order valence-corrected chi connectivity index (χ2v) is 8.74. The maximum atomic E-state index is 13.3. The zero-order valence-corrected chi connectivity index (χ0v) is 19.2. The summed E-state index contributed by atoms with van der Waals surface area (Å²) in [5, 5.41) is 6.76. The monoisotopic (exact) mass is 476 g/mol. The molecule has 34 heavy (non-hydrogen) atoms. The fourth-order valence-electron chi connectivity index (χ4n) is 4.07. The molecule has 2 heterocycles. The first-order valence-electron chi connectivity index (χ1n) is 10.9. The van der Waals surface area contributed by atoms with Crippen LogP contribution >= 0.6 is 11.3 Å². The molecule has 1 aliphatic carbocycles. The number of ether oxygens (including phenoxy) is 1. The van der Waals surface area contributed by atoms with Gasteiger partial charge in [0.05, 0.1) is 17.1 Å². The fourth-order valence-corrected chi connectivity index (χ4v) is 4.95. The number of aromatic nitrogens is 3. The van der Waals surface area contributed by atoms with Crippen molar-refractivity contribution in [2.45, 2.75) is 32.8 Å². The van der Waals surface area contributed by atoms with Gasteiger partial charge < -0.3 is 4.74 Å². The summed E-state index contributed by atoms with van der Waals surface area (Å²) >= 11 is 1.30. The Morgan fingerprint density at radius 1 is 1.12 bits per heavy atom. The van der Waals surface area contributed by atoms with Gasteiger partial charge in [-0.05, 0) is 55.7 Å². The van der Waals surface area contributed by atoms with Crippen LogP contribution in [-0.4, -0.2) is 26.6 Å². The van der Waals surface area contributed by atoms with E-state index in [1.807, 2.05) is 30.3 Å². The molecule has 7 nitrogen and oxygen atoms in total. The average molecular weight is 477 g/mol. The number of carbonyl (C=O) groups is 2. The zero-order valence-electron chi connectivity index (χ0n) is 18.4. The molecule has 0 atom stereocenters. The van der Waals surface area contributed by atoms with Crippen molar-refractivity contribution in [1.29, 1.82) is 0 Å². The van der Waals surface area contributed by atoms with Crippen LogP contribution in [0.2, 0.25) is 0 Å². The molecule has 5 rings (SSSR count). The Kier molecular flexibility index (Phi) is 5.93. The number of rotatable bonds is 6. The predicted octanol–water partition coefficient (Wildman–Crippen LogP) is 5.00. The number of nitrogens with zero attached hydrogens (tertiary/aromatic N) is 4. The minimum atomic E-state index is -0.528. The normalized spacial score (nSPS) is 12.4. The molecule has 2 aromatic heterocycles. The average Bonchev–Trinajstić information content (AvgIpc) is 3.56. The summed E-state index contributed by atoms with van der Waals surface area (Å²) in [6.45, 7) is 1.44. The molecule has 172 valence electrons. The molecule has 0 spiro atoms. The number of benzene rings is 2. The van der Waals surface area contributed by atoms with Gasteiger partial charge in [0.15, 0.2) is 10.8 Å². The number of anilines is 2. The molecular formula is C25H21FN4O3S. The van der Waals surface area contributed by atoms with Gasteiger partial charge in [0.1, 0.15) is 12.4 Å². The molecule has 0 bridgehead atoms. The van der Waals surface area contributed by atoms with Crippen LogP contribution in [0.3, 0.4) is 0 Å². The summed E-state index contributed by atoms with van der Waals surface area (Å²) < 4.78 is 20.6. The third kappa shape index (κ3) is 4.22. The zero-order chi connectivity index (χ0) is 23.7. The van der Waals surface area contributed by atoms with Crippen LogP contribution in [0.25, 0.3) is 5.69 Å². The lowest BCUT2D eigenvalue weighted by molar-refractivity contribution is -0.115. The molecule has 9 heteroatoms. The van der Waals surface area contributed by atoms with E-state index in [2.05, 4.69) is 10.1 Å². The van der Waals surface area contributed by atoms with Gasteiger partial charge in [-0.15, -0.1) is 11.3 Å². The van der Waals surface area contributed by atoms with E-state index < -0.39 is 5.97 Å². The molecular weight excluding hydrogens is 455 g/mol. The van der Waals surface area contributed by atoms with Crippen LogP contribution in [0.5, 0.6) is 0 Å². The lowest BCUT2D eigenvalue weighted by Crippen LogP contribution is -2.22. The number of para-hydroxylation sites is 1. The molecule has 4 aromatic rings. The SMILES string of the molecule is CC(=O)N(c1ccccc1)c1nc(COC(=O)c2nn(-c3ccc(F)cc3)c3c2CCC3)cs1. The molecule has 0 aliphatic heterocycles. The van der Waals surface area contributed by atoms with Crippen molar-refractivity contribution in [1.82, 2.24) is 14.8 Å². The van der Waals surface area contributed by atoms with E-state index in [0.29, 0.717) is 16.5 Å². The summed E-state index contributed by atoms with van der Waals surface area (Å²) in [5.74, 6) is -1.02. The molecule has 0 saturated carbocycles. The first-order valence-corrected chi connectivity index (χ1v) is 11.7. The second kappa shape index (κ2) is 9.18. The minimum Gasteiger partial charge on any atom is -0.454 e. The number of esters is 1. The van der Waals surface area contributed by atoms with Gasteiger partial charge in [0.25, 0.3) is 0 Å². The maximum Gasteiger partial charge on any atom is 0.359 e. The van der Waals surface area contributed by atoms with Crippen molar-refractivity contribution in [2.75, 3.05) is 4.90 Å². The summed E-state index contributed by atoms with van der Waals surface area (Å²) in [7, 11) is 0. The standard InChI is InChI=1S/C25H21FN4O3S/c1-16(31)29(19-6-3-2-4-7-19)25-27-18(15-34-25)14-33-24(32)23-21-8-5-9-22(21)30(28-23)20-12-10-17(26)11-13-20/h2-4,6-7,10-13,15H,5,8-9,14H2,1H3. The number of thiazole rings is 1. The Labute approximate surface area is 199 Å². The lowest BCUT2D eigenvalue weighted by atomic mass is 10.2. The van der Waals surface area contributed by atoms with Crippen molar-refractivity contribution < 1.29 is 18.7 Å². The quantitative estimate of drug-likeness (QED) is 0.366. The van der Waals surface area contributed by atoms with E-state index in [4.69, 9.17) is 4.74 Å². The van der Waals surface area contributed by atoms with E-state index in [1.54, 1.807) is 22.2 Å². The van der Waals surface area contributed by atoms with Crippen molar-refractivity contribution in [3.05, 3.63) is 88.4 Å². The number of amides is 1. The molecule has 0 saturated heterocycles. The Morgan fingerprint density at radius 3 is 2.62 bits per heavy atom. The first-order chi connectivity index (χ1) is 16.5. The highest BCUT2D eigenvalue weighted by Crippen LogP contribution is 2.30. The third-order valence-corrected chi connectivity index (χ3v) is 6.48. The maximum absolute atomic E-state index is 13.3. The van der Waals surface area contributed by atoms with Gasteiger partial charge in [-0.25, -0.2) is 18.9 Å². The smallest absolute Gasteiger partial charge is 0.359 e. The largest absolute Gasteiger partial charge is 0.454 e. The molecule has 0 fully saturated rings. The fraction of sp³-hybridized carbons (Fsp3) is 0.200. The van der Waals surface area contributed by atoms with Gasteiger partial charge in [-0.2, -0.15) is 5.10 Å². The van der Waals surface area contributed by atoms with Crippen molar-refractivity contribution in [3.63, 3.8) is 0 Å². The van der Waals surface area contributed by atoms with E-state index in [9.17, 15) is 14.0 Å². The summed E-state index contributed by atoms with van der Waals surface area (Å²) in [6.07, 6.45) is 2.46. The topological polar surface area (TPSA) is 77.3 Å². The van der Waals surface area contributed by atoms with Crippen LogP contribution in [0, 0.1) is 5.82 Å². The Balaban J connectivity index is 1.33. The van der Waals surface area contributed by atoms with Crippen LogP contribution in [-0.2, 0) is 29.0 Å². The van der Waals surface area contributed by atoms with Crippen molar-refractivity contribution >= 4 is 34.0 Å². The molecule has 1 amide bonds. The van der Waals surface area contributed by atoms with Gasteiger partial charge in [-0.3, -0.25) is 9.69 Å². The number of hydrogen-bond acceptors (Lipinski definition) is 6. The molecule has 2 aromatic carbocycles. The molecule has 0 unspecified atom stereocenters. The summed E-state index contributed by atoms with van der Waals surface area (Å²) in [4.78, 5) is 31.1. The minimum absolute atomic E-state index is 0.0337. The number of halogens is 1. The number of hydrogen-bond donors (Lipinski definition) is 0. The highest BCUT2D eigenvalue weighted by molar-refractivity contribution is 7.14. The van der Waals surface area contributed by atoms with Gasteiger partial charge in [-0.1, -0.05) is 18.2 Å². The second-order valence-electron chi connectivity index (χ2n) is 7.90. The van der Waals surface area contributed by atoms with Crippen LogP contribution in [0.15, 0.2) is 60.0 Å². The van der Waals surface area contributed by atoms with Crippen LogP contribution in [0.1, 0.15) is 40.8 Å². The lowest BCUT2D eigenvalue weighted by Gasteiger charge is -2.17. The summed E-state index contributed by atoms with van der Waals surface area (Å²) in [6, 6.07) is 15.3. The molecule has 0 radical (unpaired) electrons. The van der Waals surface area contributed by atoms with Crippen molar-refractivity contribution in [3.8, 4) is 5.69 Å². The van der Waals surface area contributed by atoms with Gasteiger partial charge >= 0.3 is 5.97 Å². The van der Waals surface area contributed by atoms with Crippen molar-refractivity contribution in [2.24, 2.45) is 0 Å². The summed E-state index contributed by atoms with van der Waals surface area (Å²) in [5.41, 5.74) is 4.07. The van der Waals surface area contributed by atoms with E-state index in [0.717, 1.165) is 36.2 Å². The van der Waals surface area contributed by atoms with Crippen LogP contribution in [0.4, 0.5) is 15.2 Å². The van der Waals surface area contributed by atoms with Crippen LogP contribution < -0.4 is 4.90 Å². The molecule has 0 N–H and O–H groups in total. The van der Waals surface area contributed by atoms with E-state index >= 15 is 0 Å².